The first kappa shape index (κ1) is 10.6. The molecule has 3 heteroatoms. The minimum Gasteiger partial charge on any atom is -0.485 e. The third-order valence-corrected chi connectivity index (χ3v) is 3.29. The van der Waals surface area contributed by atoms with Gasteiger partial charge in [0.25, 0.3) is 0 Å². The summed E-state index contributed by atoms with van der Waals surface area (Å²) in [5.41, 5.74) is 2.62. The second-order valence-electron chi connectivity index (χ2n) is 4.86. The first-order valence-electron chi connectivity index (χ1n) is 6.33. The van der Waals surface area contributed by atoms with E-state index in [-0.39, 0.29) is 0 Å². The Kier molecular flexibility index (Phi) is 2.75. The van der Waals surface area contributed by atoms with E-state index >= 15 is 0 Å². The fourth-order valence-electron chi connectivity index (χ4n) is 2.19. The Labute approximate surface area is 102 Å². The van der Waals surface area contributed by atoms with Crippen LogP contribution in [0.3, 0.4) is 0 Å². The van der Waals surface area contributed by atoms with Crippen molar-refractivity contribution in [2.75, 3.05) is 19.7 Å². The van der Waals surface area contributed by atoms with Crippen LogP contribution in [0.5, 0.6) is 5.75 Å². The summed E-state index contributed by atoms with van der Waals surface area (Å²) < 4.78 is 5.91. The number of hydrogen-bond acceptors (Lipinski definition) is 3. The number of amidine groups is 1. The zero-order valence-electron chi connectivity index (χ0n) is 10.2. The predicted molar refractivity (Wildman–Crippen MR) is 69.0 cm³/mol. The molecule has 0 saturated heterocycles. The average molecular weight is 230 g/mol. The molecule has 3 rings (SSSR count). The van der Waals surface area contributed by atoms with E-state index in [0.29, 0.717) is 6.61 Å². The van der Waals surface area contributed by atoms with E-state index in [4.69, 9.17) is 4.74 Å². The Balaban J connectivity index is 1.73. The highest BCUT2D eigenvalue weighted by atomic mass is 16.5. The molecule has 1 saturated carbocycles. The van der Waals surface area contributed by atoms with Crippen LogP contribution in [0.2, 0.25) is 0 Å². The maximum atomic E-state index is 5.91. The van der Waals surface area contributed by atoms with Gasteiger partial charge in [-0.05, 0) is 42.9 Å². The molecule has 0 radical (unpaired) electrons. The molecule has 1 aromatic rings. The van der Waals surface area contributed by atoms with Crippen molar-refractivity contribution < 1.29 is 4.74 Å². The lowest BCUT2D eigenvalue weighted by Crippen LogP contribution is -2.25. The van der Waals surface area contributed by atoms with Crippen LogP contribution in [-0.4, -0.2) is 25.5 Å². The van der Waals surface area contributed by atoms with E-state index in [1.165, 1.54) is 24.0 Å². The van der Waals surface area contributed by atoms with Crippen molar-refractivity contribution in [2.45, 2.75) is 25.7 Å². The first-order valence-corrected chi connectivity index (χ1v) is 6.33. The van der Waals surface area contributed by atoms with Gasteiger partial charge < -0.3 is 10.1 Å². The quantitative estimate of drug-likeness (QED) is 0.860. The van der Waals surface area contributed by atoms with Crippen LogP contribution < -0.4 is 10.1 Å². The Bertz CT molecular complexity index is 450. The SMILES string of the molecule is Cc1ccc(C2CC2)c(OCC2=NCCN2)c1. The van der Waals surface area contributed by atoms with E-state index in [2.05, 4.69) is 35.4 Å². The Morgan fingerprint density at radius 1 is 1.41 bits per heavy atom. The number of hydrogen-bond donors (Lipinski definition) is 1. The highest BCUT2D eigenvalue weighted by Gasteiger charge is 2.26. The molecule has 3 nitrogen and oxygen atoms in total. The lowest BCUT2D eigenvalue weighted by atomic mass is 10.1. The Hall–Kier alpha value is -1.51. The van der Waals surface area contributed by atoms with Gasteiger partial charge in [0.15, 0.2) is 0 Å². The number of nitrogens with zero attached hydrogens (tertiary/aromatic N) is 1. The number of aliphatic imine (C=N–C) groups is 1. The van der Waals surface area contributed by atoms with Crippen molar-refractivity contribution in [3.05, 3.63) is 29.3 Å². The third kappa shape index (κ3) is 2.43. The number of ether oxygens (including phenoxy) is 1. The average Bonchev–Trinajstić information content (AvgIpc) is 3.03. The maximum Gasteiger partial charge on any atom is 0.145 e. The van der Waals surface area contributed by atoms with Crippen molar-refractivity contribution in [1.82, 2.24) is 5.32 Å². The topological polar surface area (TPSA) is 33.6 Å². The summed E-state index contributed by atoms with van der Waals surface area (Å²) in [5.74, 6) is 2.75. The molecule has 0 spiro atoms. The molecule has 0 aromatic heterocycles. The molecule has 1 N–H and O–H groups in total. The molecule has 0 atom stereocenters. The summed E-state index contributed by atoms with van der Waals surface area (Å²) in [6.07, 6.45) is 2.61. The van der Waals surface area contributed by atoms with E-state index < -0.39 is 0 Å². The largest absolute Gasteiger partial charge is 0.485 e. The normalized spacial score (nSPS) is 18.8. The molecule has 1 aromatic carbocycles. The molecule has 1 aliphatic carbocycles. The highest BCUT2D eigenvalue weighted by Crippen LogP contribution is 2.44. The number of aryl methyl sites for hydroxylation is 1. The zero-order valence-corrected chi connectivity index (χ0v) is 10.2. The number of nitrogens with one attached hydrogen (secondary N) is 1. The molecule has 0 bridgehead atoms. The monoisotopic (exact) mass is 230 g/mol. The van der Waals surface area contributed by atoms with E-state index in [0.717, 1.165) is 30.6 Å². The fourth-order valence-corrected chi connectivity index (χ4v) is 2.19. The molecule has 1 fully saturated rings. The van der Waals surface area contributed by atoms with Gasteiger partial charge in [-0.25, -0.2) is 0 Å². The Morgan fingerprint density at radius 3 is 3.00 bits per heavy atom. The van der Waals surface area contributed by atoms with E-state index in [1.54, 1.807) is 0 Å². The summed E-state index contributed by atoms with van der Waals surface area (Å²) in [6.45, 7) is 4.50. The molecular weight excluding hydrogens is 212 g/mol. The standard InChI is InChI=1S/C14H18N2O/c1-10-2-5-12(11-3-4-11)13(8-10)17-9-14-15-6-7-16-14/h2,5,8,11H,3-4,6-7,9H2,1H3,(H,15,16). The second kappa shape index (κ2) is 4.40. The van der Waals surface area contributed by atoms with E-state index in [9.17, 15) is 0 Å². The molecule has 17 heavy (non-hydrogen) atoms. The Morgan fingerprint density at radius 2 is 2.29 bits per heavy atom. The lowest BCUT2D eigenvalue weighted by molar-refractivity contribution is 0.369. The van der Waals surface area contributed by atoms with Crippen LogP contribution in [-0.2, 0) is 0 Å². The molecule has 90 valence electrons. The second-order valence-corrected chi connectivity index (χ2v) is 4.86. The van der Waals surface area contributed by atoms with Gasteiger partial charge in [0.05, 0.1) is 6.54 Å². The van der Waals surface area contributed by atoms with Crippen LogP contribution >= 0.6 is 0 Å². The summed E-state index contributed by atoms with van der Waals surface area (Å²) in [4.78, 5) is 4.34. The van der Waals surface area contributed by atoms with Gasteiger partial charge in [0.1, 0.15) is 18.2 Å². The molecular formula is C14H18N2O. The van der Waals surface area contributed by atoms with Crippen molar-refractivity contribution in [1.29, 1.82) is 0 Å². The van der Waals surface area contributed by atoms with Gasteiger partial charge in [0.2, 0.25) is 0 Å². The van der Waals surface area contributed by atoms with Crippen LogP contribution in [0, 0.1) is 6.92 Å². The minimum atomic E-state index is 0.573. The fraction of sp³-hybridized carbons (Fsp3) is 0.500. The van der Waals surface area contributed by atoms with Gasteiger partial charge in [0, 0.05) is 6.54 Å². The zero-order chi connectivity index (χ0) is 11.7. The number of benzene rings is 1. The molecule has 2 aliphatic rings. The van der Waals surface area contributed by atoms with Gasteiger partial charge in [-0.1, -0.05) is 12.1 Å². The number of rotatable bonds is 4. The van der Waals surface area contributed by atoms with Crippen molar-refractivity contribution >= 4 is 5.84 Å². The predicted octanol–water partition coefficient (Wildman–Crippen LogP) is 2.25. The summed E-state index contributed by atoms with van der Waals surface area (Å²) >= 11 is 0. The van der Waals surface area contributed by atoms with Crippen LogP contribution in [0.4, 0.5) is 0 Å². The summed E-state index contributed by atoms with van der Waals surface area (Å²) in [5, 5.41) is 3.23. The van der Waals surface area contributed by atoms with Crippen molar-refractivity contribution in [3.63, 3.8) is 0 Å². The molecule has 1 aliphatic heterocycles. The van der Waals surface area contributed by atoms with Crippen LogP contribution in [0.15, 0.2) is 23.2 Å². The summed E-state index contributed by atoms with van der Waals surface area (Å²) in [7, 11) is 0. The smallest absolute Gasteiger partial charge is 0.145 e. The van der Waals surface area contributed by atoms with Crippen LogP contribution in [0.25, 0.3) is 0 Å². The van der Waals surface area contributed by atoms with Gasteiger partial charge in [-0.3, -0.25) is 4.99 Å². The highest BCUT2D eigenvalue weighted by molar-refractivity contribution is 5.85. The first-order chi connectivity index (χ1) is 8.33. The molecule has 1 heterocycles. The third-order valence-electron chi connectivity index (χ3n) is 3.29. The van der Waals surface area contributed by atoms with E-state index in [1.807, 2.05) is 0 Å². The maximum absolute atomic E-state index is 5.91. The molecule has 0 amide bonds. The molecule has 0 unspecified atom stereocenters. The van der Waals surface area contributed by atoms with Crippen molar-refractivity contribution in [3.8, 4) is 5.75 Å². The van der Waals surface area contributed by atoms with Gasteiger partial charge >= 0.3 is 0 Å². The van der Waals surface area contributed by atoms with Crippen LogP contribution in [0.1, 0.15) is 29.9 Å². The lowest BCUT2D eigenvalue weighted by Gasteiger charge is -2.12. The summed E-state index contributed by atoms with van der Waals surface area (Å²) in [6, 6.07) is 6.53. The van der Waals surface area contributed by atoms with Gasteiger partial charge in [-0.2, -0.15) is 0 Å². The van der Waals surface area contributed by atoms with Gasteiger partial charge in [-0.15, -0.1) is 0 Å². The van der Waals surface area contributed by atoms with Crippen molar-refractivity contribution in [2.24, 2.45) is 4.99 Å². The minimum absolute atomic E-state index is 0.573.